The smallest absolute Gasteiger partial charge is 0.306 e. The molecule has 0 heterocycles. The number of fused-ring (bicyclic) bond motifs is 5. The molecule has 5 rings (SSSR count). The Hall–Kier alpha value is -3.20. The zero-order chi connectivity index (χ0) is 31.0. The number of para-hydroxylation sites is 1. The Labute approximate surface area is 253 Å². The largest absolute Gasteiger partial charge is 0.493 e. The van der Waals surface area contributed by atoms with E-state index >= 15 is 0 Å². The molecule has 0 saturated heterocycles. The van der Waals surface area contributed by atoms with Crippen molar-refractivity contribution in [2.24, 2.45) is 28.6 Å². The van der Waals surface area contributed by atoms with E-state index < -0.39 is 29.4 Å². The third-order valence-corrected chi connectivity index (χ3v) is 11.5. The molecular weight excluding hydrogens is 550 g/mol. The number of methoxy groups -OCH3 is 2. The number of carbonyl (C=O) groups is 4. The van der Waals surface area contributed by atoms with E-state index in [4.69, 9.17) is 14.2 Å². The van der Waals surface area contributed by atoms with Crippen molar-refractivity contribution >= 4 is 23.4 Å². The van der Waals surface area contributed by atoms with E-state index in [1.165, 1.54) is 19.8 Å². The molecule has 1 aromatic rings. The molecule has 0 bridgehead atoms. The number of carbonyl (C=O) groups excluding carboxylic acids is 4. The minimum Gasteiger partial charge on any atom is -0.493 e. The third-order valence-electron chi connectivity index (χ3n) is 11.5. The summed E-state index contributed by atoms with van der Waals surface area (Å²) >= 11 is 0. The Morgan fingerprint density at radius 2 is 1.74 bits per heavy atom. The second kappa shape index (κ2) is 12.1. The number of ether oxygens (including phenoxy) is 3. The van der Waals surface area contributed by atoms with Crippen molar-refractivity contribution in [2.75, 3.05) is 20.8 Å². The fourth-order valence-corrected chi connectivity index (χ4v) is 8.96. The van der Waals surface area contributed by atoms with Crippen molar-refractivity contribution in [3.63, 3.8) is 0 Å². The van der Waals surface area contributed by atoms with Gasteiger partial charge in [-0.2, -0.15) is 0 Å². The van der Waals surface area contributed by atoms with Crippen LogP contribution in [0.1, 0.15) is 83.6 Å². The Kier molecular flexibility index (Phi) is 8.76. The van der Waals surface area contributed by atoms with Gasteiger partial charge in [-0.15, -0.1) is 0 Å². The minimum atomic E-state index is -1.55. The first-order valence-corrected chi connectivity index (χ1v) is 15.6. The highest BCUT2D eigenvalue weighted by Crippen LogP contribution is 2.67. The molecule has 9 heteroatoms. The molecule has 0 spiro atoms. The zero-order valence-corrected chi connectivity index (χ0v) is 25.8. The van der Waals surface area contributed by atoms with Gasteiger partial charge in [-0.05, 0) is 80.3 Å². The fourth-order valence-electron chi connectivity index (χ4n) is 8.96. The van der Waals surface area contributed by atoms with E-state index in [1.54, 1.807) is 12.1 Å². The van der Waals surface area contributed by atoms with E-state index in [-0.39, 0.29) is 42.4 Å². The molecule has 234 valence electrons. The fraction of sp³-hybridized carbons (Fsp3) is 0.647. The Bertz CT molecular complexity index is 1320. The van der Waals surface area contributed by atoms with Gasteiger partial charge in [0.25, 0.3) is 0 Å². The molecule has 4 aliphatic rings. The lowest BCUT2D eigenvalue weighted by Gasteiger charge is -2.58. The predicted octanol–water partition coefficient (Wildman–Crippen LogP) is 4.48. The molecule has 1 amide bonds. The molecule has 2 N–H and O–H groups in total. The Balaban J connectivity index is 1.13. The normalized spacial score (nSPS) is 32.9. The minimum absolute atomic E-state index is 0.0186. The first kappa shape index (κ1) is 31.2. The van der Waals surface area contributed by atoms with Crippen LogP contribution in [0, 0.1) is 28.6 Å². The number of aliphatic hydroxyl groups is 1. The lowest BCUT2D eigenvalue weighted by atomic mass is 9.46. The van der Waals surface area contributed by atoms with Crippen LogP contribution in [0.15, 0.2) is 29.8 Å². The molecule has 9 nitrogen and oxygen atoms in total. The van der Waals surface area contributed by atoms with Crippen molar-refractivity contribution in [1.29, 1.82) is 0 Å². The van der Waals surface area contributed by atoms with Crippen molar-refractivity contribution in [2.45, 2.75) is 90.2 Å². The Morgan fingerprint density at radius 3 is 2.49 bits per heavy atom. The van der Waals surface area contributed by atoms with E-state index in [0.717, 1.165) is 44.1 Å². The molecule has 0 aromatic heterocycles. The first-order chi connectivity index (χ1) is 20.5. The predicted molar refractivity (Wildman–Crippen MR) is 158 cm³/mol. The summed E-state index contributed by atoms with van der Waals surface area (Å²) in [4.78, 5) is 50.4. The summed E-state index contributed by atoms with van der Waals surface area (Å²) in [6.45, 7) is 4.06. The first-order valence-electron chi connectivity index (χ1n) is 15.6. The maximum atomic E-state index is 13.5. The number of nitrogens with one attached hydrogen (secondary N) is 1. The molecule has 6 atom stereocenters. The summed E-state index contributed by atoms with van der Waals surface area (Å²) < 4.78 is 15.9. The number of hydrogen-bond acceptors (Lipinski definition) is 8. The molecule has 1 aromatic carbocycles. The summed E-state index contributed by atoms with van der Waals surface area (Å²) in [5, 5.41) is 14.6. The second-order valence-electron chi connectivity index (χ2n) is 13.3. The van der Waals surface area contributed by atoms with Crippen LogP contribution in [0.2, 0.25) is 0 Å². The number of rotatable bonds is 10. The average Bonchev–Trinajstić information content (AvgIpc) is 3.28. The molecule has 0 unspecified atom stereocenters. The highest BCUT2D eigenvalue weighted by molar-refractivity contribution is 5.92. The van der Waals surface area contributed by atoms with Gasteiger partial charge in [-0.25, -0.2) is 0 Å². The van der Waals surface area contributed by atoms with Gasteiger partial charge in [0.15, 0.2) is 23.9 Å². The zero-order valence-electron chi connectivity index (χ0n) is 25.8. The standard InChI is InChI=1S/C34H45NO8/c1-32-15-12-23(36)18-22(32)8-9-24-25(32)13-16-33(2)26(24)14-17-34(33,40)28(37)20-43-30(39)11-10-29(38)35-19-21-6-5-7-27(41-3)31(21)42-4/h5-7,18,24-26,40H,8-17,19-20H2,1-4H3,(H,35,38)/t24-,25+,26+,32-,33+,34+/m0/s1. The molecule has 3 saturated carbocycles. The number of Topliss-reactive ketones (excluding diaryl/α,β-unsaturated/α-hetero) is 1. The van der Waals surface area contributed by atoms with Gasteiger partial charge >= 0.3 is 5.97 Å². The number of esters is 1. The van der Waals surface area contributed by atoms with Crippen LogP contribution in [-0.2, 0) is 30.5 Å². The van der Waals surface area contributed by atoms with E-state index in [0.29, 0.717) is 36.2 Å². The second-order valence-corrected chi connectivity index (χ2v) is 13.3. The molecule has 3 fully saturated rings. The highest BCUT2D eigenvalue weighted by atomic mass is 16.5. The van der Waals surface area contributed by atoms with Crippen LogP contribution in [0.4, 0.5) is 0 Å². The molecule has 0 aliphatic heterocycles. The van der Waals surface area contributed by atoms with Gasteiger partial charge in [0, 0.05) is 30.4 Å². The SMILES string of the molecule is COc1cccc(CNC(=O)CCC(=O)OCC(=O)[C@]2(O)CC[C@@H]3[C@H]4CCC5=CC(=O)CC[C@]5(C)[C@@H]4CC[C@]32C)c1OC. The molecular formula is C34H45NO8. The molecule has 0 radical (unpaired) electrons. The topological polar surface area (TPSA) is 128 Å². The number of amides is 1. The van der Waals surface area contributed by atoms with Gasteiger partial charge < -0.3 is 24.6 Å². The lowest BCUT2D eigenvalue weighted by molar-refractivity contribution is -0.170. The summed E-state index contributed by atoms with van der Waals surface area (Å²) in [5.74, 6) is 0.930. The van der Waals surface area contributed by atoms with Crippen LogP contribution < -0.4 is 14.8 Å². The number of benzene rings is 1. The monoisotopic (exact) mass is 595 g/mol. The van der Waals surface area contributed by atoms with Crippen LogP contribution in [0.5, 0.6) is 11.5 Å². The maximum Gasteiger partial charge on any atom is 0.306 e. The molecule has 43 heavy (non-hydrogen) atoms. The van der Waals surface area contributed by atoms with Gasteiger partial charge in [0.2, 0.25) is 11.7 Å². The Morgan fingerprint density at radius 1 is 0.977 bits per heavy atom. The molecule has 4 aliphatic carbocycles. The van der Waals surface area contributed by atoms with Crippen molar-refractivity contribution in [3.05, 3.63) is 35.4 Å². The summed E-state index contributed by atoms with van der Waals surface area (Å²) in [7, 11) is 3.06. The van der Waals surface area contributed by atoms with E-state index in [9.17, 15) is 24.3 Å². The quantitative estimate of drug-likeness (QED) is 0.379. The lowest BCUT2D eigenvalue weighted by Crippen LogP contribution is -2.58. The van der Waals surface area contributed by atoms with Crippen LogP contribution in [0.3, 0.4) is 0 Å². The maximum absolute atomic E-state index is 13.5. The van der Waals surface area contributed by atoms with Gasteiger partial charge in [-0.1, -0.05) is 31.6 Å². The van der Waals surface area contributed by atoms with Crippen molar-refractivity contribution in [1.82, 2.24) is 5.32 Å². The van der Waals surface area contributed by atoms with Crippen molar-refractivity contribution in [3.8, 4) is 11.5 Å². The van der Waals surface area contributed by atoms with Gasteiger partial charge in [-0.3, -0.25) is 19.2 Å². The average molecular weight is 596 g/mol. The summed E-state index contributed by atoms with van der Waals surface area (Å²) in [5.41, 5.74) is -0.0816. The van der Waals surface area contributed by atoms with Crippen LogP contribution >= 0.6 is 0 Å². The number of allylic oxidation sites excluding steroid dienone is 1. The van der Waals surface area contributed by atoms with E-state index in [2.05, 4.69) is 12.2 Å². The van der Waals surface area contributed by atoms with Gasteiger partial charge in [0.05, 0.1) is 20.6 Å². The highest BCUT2D eigenvalue weighted by Gasteiger charge is 2.66. The van der Waals surface area contributed by atoms with Crippen LogP contribution in [-0.4, -0.2) is 55.0 Å². The summed E-state index contributed by atoms with van der Waals surface area (Å²) in [6.07, 6.45) is 7.74. The number of hydrogen-bond donors (Lipinski definition) is 2. The third kappa shape index (κ3) is 5.49. The summed E-state index contributed by atoms with van der Waals surface area (Å²) in [6, 6.07) is 5.37. The van der Waals surface area contributed by atoms with Crippen molar-refractivity contribution < 1.29 is 38.5 Å². The number of ketones is 2. The van der Waals surface area contributed by atoms with Gasteiger partial charge in [0.1, 0.15) is 5.60 Å². The van der Waals surface area contributed by atoms with E-state index in [1.807, 2.05) is 19.1 Å². The van der Waals surface area contributed by atoms with Crippen LogP contribution in [0.25, 0.3) is 0 Å².